The van der Waals surface area contributed by atoms with Crippen molar-refractivity contribution in [3.63, 3.8) is 0 Å². The van der Waals surface area contributed by atoms with Crippen LogP contribution in [0.4, 0.5) is 5.69 Å². The van der Waals surface area contributed by atoms with Crippen LogP contribution in [0.1, 0.15) is 20.9 Å². The molecule has 0 aliphatic carbocycles. The summed E-state index contributed by atoms with van der Waals surface area (Å²) in [5, 5.41) is 2.85. The van der Waals surface area contributed by atoms with E-state index in [0.29, 0.717) is 5.69 Å². The Kier molecular flexibility index (Phi) is 2.83. The number of hydrogen-bond donors (Lipinski definition) is 1. The lowest BCUT2D eigenvalue weighted by Gasteiger charge is -2.03. The second kappa shape index (κ2) is 4.51. The highest BCUT2D eigenvalue weighted by Gasteiger charge is 2.12. The van der Waals surface area contributed by atoms with Gasteiger partial charge in [-0.3, -0.25) is 9.20 Å². The van der Waals surface area contributed by atoms with Gasteiger partial charge in [0, 0.05) is 23.0 Å². The molecule has 0 saturated carbocycles. The van der Waals surface area contributed by atoms with Gasteiger partial charge < -0.3 is 5.32 Å². The number of rotatable bonds is 2. The highest BCUT2D eigenvalue weighted by molar-refractivity contribution is 7.17. The number of amides is 1. The van der Waals surface area contributed by atoms with Gasteiger partial charge in [-0.2, -0.15) is 0 Å². The summed E-state index contributed by atoms with van der Waals surface area (Å²) in [4.78, 5) is 18.4. The molecule has 0 aliphatic rings. The quantitative estimate of drug-likeness (QED) is 0.777. The molecule has 0 spiro atoms. The van der Waals surface area contributed by atoms with Gasteiger partial charge in [0.2, 0.25) is 0 Å². The van der Waals surface area contributed by atoms with Crippen molar-refractivity contribution in [2.45, 2.75) is 13.8 Å². The van der Waals surface area contributed by atoms with Crippen molar-refractivity contribution in [2.75, 3.05) is 5.32 Å². The van der Waals surface area contributed by atoms with Crippen molar-refractivity contribution >= 4 is 27.9 Å². The number of benzene rings is 1. The Morgan fingerprint density at radius 3 is 2.89 bits per heavy atom. The van der Waals surface area contributed by atoms with Crippen LogP contribution in [0.3, 0.4) is 0 Å². The van der Waals surface area contributed by atoms with Gasteiger partial charge in [-0.05, 0) is 31.5 Å². The fourth-order valence-corrected chi connectivity index (χ4v) is 2.75. The van der Waals surface area contributed by atoms with Gasteiger partial charge in [0.1, 0.15) is 5.69 Å². The molecule has 0 fully saturated rings. The van der Waals surface area contributed by atoms with E-state index in [2.05, 4.69) is 10.3 Å². The summed E-state index contributed by atoms with van der Waals surface area (Å²) < 4.78 is 1.88. The second-order valence-corrected chi connectivity index (χ2v) is 5.69. The number of hydrogen-bond acceptors (Lipinski definition) is 3. The first kappa shape index (κ1) is 11.9. The number of nitrogens with zero attached hydrogens (tertiary/aromatic N) is 2. The van der Waals surface area contributed by atoms with Gasteiger partial charge in [-0.1, -0.05) is 12.1 Å². The molecule has 4 nitrogen and oxygen atoms in total. The van der Waals surface area contributed by atoms with Crippen LogP contribution in [-0.2, 0) is 0 Å². The first-order valence-electron chi connectivity index (χ1n) is 5.95. The smallest absolute Gasteiger partial charge is 0.275 e. The number of nitrogens with one attached hydrogen (secondary N) is 1. The van der Waals surface area contributed by atoms with Crippen LogP contribution in [0.2, 0.25) is 0 Å². The second-order valence-electron chi connectivity index (χ2n) is 4.48. The van der Waals surface area contributed by atoms with Crippen LogP contribution in [0.25, 0.3) is 4.96 Å². The minimum absolute atomic E-state index is 0.181. The molecule has 2 heterocycles. The molecule has 5 heteroatoms. The molecule has 96 valence electrons. The van der Waals surface area contributed by atoms with Crippen LogP contribution in [0.5, 0.6) is 0 Å². The average Bonchev–Trinajstić information content (AvgIpc) is 2.86. The molecule has 3 aromatic rings. The van der Waals surface area contributed by atoms with E-state index in [9.17, 15) is 4.79 Å². The number of aryl methyl sites for hydroxylation is 2. The maximum atomic E-state index is 12.1. The maximum Gasteiger partial charge on any atom is 0.275 e. The number of fused-ring (bicyclic) bond motifs is 1. The van der Waals surface area contributed by atoms with Crippen LogP contribution in [-0.4, -0.2) is 15.3 Å². The van der Waals surface area contributed by atoms with Crippen molar-refractivity contribution in [3.8, 4) is 0 Å². The number of thiazole rings is 1. The predicted octanol–water partition coefficient (Wildman–Crippen LogP) is 3.26. The molecule has 2 aromatic heterocycles. The lowest BCUT2D eigenvalue weighted by atomic mass is 10.2. The molecule has 0 unspecified atom stereocenters. The van der Waals surface area contributed by atoms with Crippen molar-refractivity contribution in [2.24, 2.45) is 0 Å². The highest BCUT2D eigenvalue weighted by Crippen LogP contribution is 2.17. The van der Waals surface area contributed by atoms with E-state index in [1.54, 1.807) is 17.5 Å². The van der Waals surface area contributed by atoms with E-state index in [4.69, 9.17) is 0 Å². The lowest BCUT2D eigenvalue weighted by molar-refractivity contribution is 0.102. The molecular weight excluding hydrogens is 258 g/mol. The number of carbonyl (C=O) groups is 1. The van der Waals surface area contributed by atoms with Crippen molar-refractivity contribution in [1.29, 1.82) is 0 Å². The summed E-state index contributed by atoms with van der Waals surface area (Å²) in [5.41, 5.74) is 2.34. The summed E-state index contributed by atoms with van der Waals surface area (Å²) in [6.07, 6.45) is 3.72. The van der Waals surface area contributed by atoms with E-state index in [1.807, 2.05) is 48.7 Å². The Balaban J connectivity index is 1.85. The standard InChI is InChI=1S/C14H13N3OS/c1-9-4-3-5-11(6-9)15-13(18)12-8-17-7-10(2)19-14(17)16-12/h3-8H,1-2H3,(H,15,18). The zero-order valence-corrected chi connectivity index (χ0v) is 11.5. The van der Waals surface area contributed by atoms with E-state index in [1.165, 1.54) is 4.88 Å². The highest BCUT2D eigenvalue weighted by atomic mass is 32.1. The lowest BCUT2D eigenvalue weighted by Crippen LogP contribution is -2.12. The molecular formula is C14H13N3OS. The summed E-state index contributed by atoms with van der Waals surface area (Å²) in [7, 11) is 0. The van der Waals surface area contributed by atoms with Crippen molar-refractivity contribution in [1.82, 2.24) is 9.38 Å². The monoisotopic (exact) mass is 271 g/mol. The Labute approximate surface area is 114 Å². The minimum atomic E-state index is -0.181. The Hall–Kier alpha value is -2.14. The van der Waals surface area contributed by atoms with Gasteiger partial charge >= 0.3 is 0 Å². The third-order valence-electron chi connectivity index (χ3n) is 2.78. The van der Waals surface area contributed by atoms with Crippen molar-refractivity contribution in [3.05, 3.63) is 52.8 Å². The third-order valence-corrected chi connectivity index (χ3v) is 3.69. The molecule has 0 aliphatic heterocycles. The maximum absolute atomic E-state index is 12.1. The van der Waals surface area contributed by atoms with Crippen LogP contribution in [0, 0.1) is 13.8 Å². The summed E-state index contributed by atoms with van der Waals surface area (Å²) >= 11 is 1.57. The van der Waals surface area contributed by atoms with Gasteiger partial charge in [-0.15, -0.1) is 11.3 Å². The molecule has 1 amide bonds. The zero-order chi connectivity index (χ0) is 13.4. The molecule has 3 rings (SSSR count). The van der Waals surface area contributed by atoms with Crippen LogP contribution >= 0.6 is 11.3 Å². The molecule has 0 radical (unpaired) electrons. The number of imidazole rings is 1. The number of carbonyl (C=O) groups excluding carboxylic acids is 1. The first-order chi connectivity index (χ1) is 9.11. The summed E-state index contributed by atoms with van der Waals surface area (Å²) in [6, 6.07) is 7.71. The van der Waals surface area contributed by atoms with E-state index < -0.39 is 0 Å². The minimum Gasteiger partial charge on any atom is -0.321 e. The van der Waals surface area contributed by atoms with E-state index in [0.717, 1.165) is 16.2 Å². The molecule has 0 saturated heterocycles. The topological polar surface area (TPSA) is 46.4 Å². The number of aromatic nitrogens is 2. The van der Waals surface area contributed by atoms with Gasteiger partial charge in [0.15, 0.2) is 4.96 Å². The SMILES string of the molecule is Cc1cccc(NC(=O)c2cn3cc(C)sc3n2)c1. The Morgan fingerprint density at radius 1 is 1.32 bits per heavy atom. The molecule has 0 bridgehead atoms. The normalized spacial score (nSPS) is 10.8. The van der Waals surface area contributed by atoms with Gasteiger partial charge in [-0.25, -0.2) is 4.98 Å². The van der Waals surface area contributed by atoms with E-state index >= 15 is 0 Å². The third kappa shape index (κ3) is 2.37. The fraction of sp³-hybridized carbons (Fsp3) is 0.143. The Bertz CT molecular complexity index is 725. The molecule has 19 heavy (non-hydrogen) atoms. The molecule has 0 atom stereocenters. The molecule has 1 N–H and O–H groups in total. The first-order valence-corrected chi connectivity index (χ1v) is 6.76. The predicted molar refractivity (Wildman–Crippen MR) is 76.9 cm³/mol. The van der Waals surface area contributed by atoms with Crippen molar-refractivity contribution < 1.29 is 4.79 Å². The van der Waals surface area contributed by atoms with E-state index in [-0.39, 0.29) is 5.91 Å². The van der Waals surface area contributed by atoms with Crippen LogP contribution < -0.4 is 5.32 Å². The summed E-state index contributed by atoms with van der Waals surface area (Å²) in [5.74, 6) is -0.181. The number of anilines is 1. The van der Waals surface area contributed by atoms with Crippen LogP contribution in [0.15, 0.2) is 36.7 Å². The average molecular weight is 271 g/mol. The fourth-order valence-electron chi connectivity index (χ4n) is 1.94. The largest absolute Gasteiger partial charge is 0.321 e. The Morgan fingerprint density at radius 2 is 2.16 bits per heavy atom. The summed E-state index contributed by atoms with van der Waals surface area (Å²) in [6.45, 7) is 4.01. The molecule has 1 aromatic carbocycles. The zero-order valence-electron chi connectivity index (χ0n) is 10.7. The van der Waals surface area contributed by atoms with Gasteiger partial charge in [0.25, 0.3) is 5.91 Å². The van der Waals surface area contributed by atoms with Gasteiger partial charge in [0.05, 0.1) is 0 Å².